The number of para-hydroxylation sites is 2. The van der Waals surface area contributed by atoms with Gasteiger partial charge in [-0.25, -0.2) is 0 Å². The zero-order valence-corrected chi connectivity index (χ0v) is 12.6. The summed E-state index contributed by atoms with van der Waals surface area (Å²) in [6.45, 7) is 4.88. The number of anilines is 1. The average molecular weight is 281 g/mol. The van der Waals surface area contributed by atoms with Gasteiger partial charge in [0.15, 0.2) is 5.44 Å². The van der Waals surface area contributed by atoms with Gasteiger partial charge in [0.25, 0.3) is 0 Å². The summed E-state index contributed by atoms with van der Waals surface area (Å²) in [5.74, 6) is 0.922. The fourth-order valence-corrected chi connectivity index (χ4v) is 2.66. The van der Waals surface area contributed by atoms with Gasteiger partial charge in [-0.2, -0.15) is 0 Å². The molecule has 1 aliphatic heterocycles. The molecule has 0 radical (unpaired) electrons. The number of hydrogen-bond donors (Lipinski definition) is 2. The van der Waals surface area contributed by atoms with Gasteiger partial charge < -0.3 is 19.9 Å². The van der Waals surface area contributed by atoms with E-state index in [0.29, 0.717) is 0 Å². The lowest BCUT2D eigenvalue weighted by atomic mass is 10.2. The number of thiol groups is 1. The highest BCUT2D eigenvalue weighted by atomic mass is 32.1. The van der Waals surface area contributed by atoms with Gasteiger partial charge in [-0.1, -0.05) is 12.1 Å². The molecule has 106 valence electrons. The van der Waals surface area contributed by atoms with Gasteiger partial charge >= 0.3 is 0 Å². The SMILES string of the molecule is CN(C)CC(S)Oc1ccccc1N1CCNCC1. The molecule has 2 rings (SSSR count). The third-order valence-corrected chi connectivity index (χ3v) is 3.38. The smallest absolute Gasteiger partial charge is 0.154 e. The van der Waals surface area contributed by atoms with Crippen LogP contribution in [0.4, 0.5) is 5.69 Å². The number of nitrogens with zero attached hydrogens (tertiary/aromatic N) is 2. The Labute approximate surface area is 121 Å². The van der Waals surface area contributed by atoms with Crippen molar-refractivity contribution in [1.82, 2.24) is 10.2 Å². The highest BCUT2D eigenvalue weighted by Crippen LogP contribution is 2.29. The van der Waals surface area contributed by atoms with Crippen LogP contribution in [0.2, 0.25) is 0 Å². The highest BCUT2D eigenvalue weighted by Gasteiger charge is 2.16. The van der Waals surface area contributed by atoms with Crippen LogP contribution < -0.4 is 15.0 Å². The van der Waals surface area contributed by atoms with Crippen LogP contribution in [0.5, 0.6) is 5.75 Å². The molecule has 19 heavy (non-hydrogen) atoms. The summed E-state index contributed by atoms with van der Waals surface area (Å²) >= 11 is 4.50. The molecule has 1 N–H and O–H groups in total. The maximum absolute atomic E-state index is 5.97. The van der Waals surface area contributed by atoms with E-state index in [1.54, 1.807) is 0 Å². The van der Waals surface area contributed by atoms with Gasteiger partial charge in [0.1, 0.15) is 5.75 Å². The molecule has 0 bridgehead atoms. The second kappa shape index (κ2) is 7.03. The molecule has 4 nitrogen and oxygen atoms in total. The molecule has 0 saturated carbocycles. The van der Waals surface area contributed by atoms with Crippen molar-refractivity contribution in [2.24, 2.45) is 0 Å². The zero-order chi connectivity index (χ0) is 13.7. The van der Waals surface area contributed by atoms with Gasteiger partial charge in [0.2, 0.25) is 0 Å². The van der Waals surface area contributed by atoms with Crippen LogP contribution in [-0.2, 0) is 0 Å². The van der Waals surface area contributed by atoms with E-state index in [1.807, 2.05) is 26.2 Å². The van der Waals surface area contributed by atoms with E-state index in [4.69, 9.17) is 4.74 Å². The molecular weight excluding hydrogens is 258 g/mol. The largest absolute Gasteiger partial charge is 0.477 e. The summed E-state index contributed by atoms with van der Waals surface area (Å²) in [6, 6.07) is 8.22. The van der Waals surface area contributed by atoms with Crippen molar-refractivity contribution in [3.05, 3.63) is 24.3 Å². The maximum Gasteiger partial charge on any atom is 0.154 e. The van der Waals surface area contributed by atoms with Crippen molar-refractivity contribution in [2.75, 3.05) is 51.7 Å². The summed E-state index contributed by atoms with van der Waals surface area (Å²) in [6.07, 6.45) is 0. The van der Waals surface area contributed by atoms with Crippen molar-refractivity contribution in [3.8, 4) is 5.75 Å². The third kappa shape index (κ3) is 4.30. The van der Waals surface area contributed by atoms with E-state index >= 15 is 0 Å². The Kier molecular flexibility index (Phi) is 5.36. The Balaban J connectivity index is 2.07. The Morgan fingerprint density at radius 3 is 2.68 bits per heavy atom. The summed E-state index contributed by atoms with van der Waals surface area (Å²) in [4.78, 5) is 4.44. The maximum atomic E-state index is 5.97. The van der Waals surface area contributed by atoms with Crippen molar-refractivity contribution >= 4 is 18.3 Å². The van der Waals surface area contributed by atoms with E-state index in [9.17, 15) is 0 Å². The molecule has 1 aromatic carbocycles. The molecule has 0 amide bonds. The molecule has 1 fully saturated rings. The summed E-state index contributed by atoms with van der Waals surface area (Å²) < 4.78 is 5.97. The van der Waals surface area contributed by atoms with Crippen LogP contribution in [0.25, 0.3) is 0 Å². The summed E-state index contributed by atoms with van der Waals surface area (Å²) in [7, 11) is 4.05. The molecule has 0 aliphatic carbocycles. The molecule has 0 aromatic heterocycles. The molecule has 5 heteroatoms. The Morgan fingerprint density at radius 2 is 2.00 bits per heavy atom. The monoisotopic (exact) mass is 281 g/mol. The molecule has 0 spiro atoms. The first-order valence-electron chi connectivity index (χ1n) is 6.71. The van der Waals surface area contributed by atoms with Crippen LogP contribution in [0.3, 0.4) is 0 Å². The zero-order valence-electron chi connectivity index (χ0n) is 11.7. The van der Waals surface area contributed by atoms with Crippen LogP contribution in [0.1, 0.15) is 0 Å². The van der Waals surface area contributed by atoms with Crippen molar-refractivity contribution in [2.45, 2.75) is 5.44 Å². The van der Waals surface area contributed by atoms with Crippen molar-refractivity contribution in [1.29, 1.82) is 0 Å². The summed E-state index contributed by atoms with van der Waals surface area (Å²) in [5, 5.41) is 3.37. The molecular formula is C14H23N3OS. The van der Waals surface area contributed by atoms with Gasteiger partial charge in [0, 0.05) is 32.7 Å². The highest BCUT2D eigenvalue weighted by molar-refractivity contribution is 7.80. The lowest BCUT2D eigenvalue weighted by Crippen LogP contribution is -2.43. The van der Waals surface area contributed by atoms with E-state index in [-0.39, 0.29) is 5.44 Å². The number of rotatable bonds is 5. The standard InChI is InChI=1S/C14H23N3OS/c1-16(2)11-14(19)18-13-6-4-3-5-12(13)17-9-7-15-8-10-17/h3-6,14-15,19H,7-11H2,1-2H3. The van der Waals surface area contributed by atoms with Crippen LogP contribution in [-0.4, -0.2) is 57.2 Å². The third-order valence-electron chi connectivity index (χ3n) is 3.11. The Bertz CT molecular complexity index is 394. The Hall–Kier alpha value is -0.910. The number of likely N-dealkylation sites (N-methyl/N-ethyl adjacent to an activating group) is 1. The van der Waals surface area contributed by atoms with Gasteiger partial charge in [0.05, 0.1) is 5.69 Å². The van der Waals surface area contributed by atoms with Crippen molar-refractivity contribution in [3.63, 3.8) is 0 Å². The van der Waals surface area contributed by atoms with Crippen LogP contribution in [0, 0.1) is 0 Å². The minimum atomic E-state index is -0.112. The quantitative estimate of drug-likeness (QED) is 0.628. The number of ether oxygens (including phenoxy) is 1. The van der Waals surface area contributed by atoms with Gasteiger partial charge in [-0.05, 0) is 26.2 Å². The number of hydrogen-bond acceptors (Lipinski definition) is 5. The molecule has 1 saturated heterocycles. The fraction of sp³-hybridized carbons (Fsp3) is 0.571. The second-order valence-corrected chi connectivity index (χ2v) is 5.62. The number of nitrogens with one attached hydrogen (secondary N) is 1. The predicted molar refractivity (Wildman–Crippen MR) is 83.5 cm³/mol. The first-order valence-corrected chi connectivity index (χ1v) is 7.22. The fourth-order valence-electron chi connectivity index (χ4n) is 2.22. The predicted octanol–water partition coefficient (Wildman–Crippen LogP) is 1.29. The first kappa shape index (κ1) is 14.5. The van der Waals surface area contributed by atoms with Crippen LogP contribution >= 0.6 is 12.6 Å². The van der Waals surface area contributed by atoms with E-state index < -0.39 is 0 Å². The van der Waals surface area contributed by atoms with E-state index in [0.717, 1.165) is 38.5 Å². The molecule has 1 unspecified atom stereocenters. The number of benzene rings is 1. The average Bonchev–Trinajstić information content (AvgIpc) is 2.39. The Morgan fingerprint density at radius 1 is 1.32 bits per heavy atom. The van der Waals surface area contributed by atoms with Gasteiger partial charge in [-0.15, -0.1) is 12.6 Å². The minimum absolute atomic E-state index is 0.112. The first-order chi connectivity index (χ1) is 9.16. The summed E-state index contributed by atoms with van der Waals surface area (Å²) in [5.41, 5.74) is 1.06. The van der Waals surface area contributed by atoms with Crippen molar-refractivity contribution < 1.29 is 4.74 Å². The molecule has 1 aromatic rings. The lowest BCUT2D eigenvalue weighted by molar-refractivity contribution is 0.235. The molecule has 1 aliphatic rings. The molecule has 1 heterocycles. The van der Waals surface area contributed by atoms with Crippen LogP contribution in [0.15, 0.2) is 24.3 Å². The normalized spacial score (nSPS) is 17.6. The van der Waals surface area contributed by atoms with E-state index in [1.165, 1.54) is 5.69 Å². The minimum Gasteiger partial charge on any atom is -0.477 e. The second-order valence-electron chi connectivity index (χ2n) is 5.04. The van der Waals surface area contributed by atoms with Gasteiger partial charge in [-0.3, -0.25) is 0 Å². The molecule has 1 atom stereocenters. The topological polar surface area (TPSA) is 27.7 Å². The van der Waals surface area contributed by atoms with E-state index in [2.05, 4.69) is 39.9 Å². The number of piperazine rings is 1. The lowest BCUT2D eigenvalue weighted by Gasteiger charge is -2.31.